The normalized spacial score (nSPS) is 12.5. The Morgan fingerprint density at radius 3 is 1.53 bits per heavy atom. The second kappa shape index (κ2) is 10.0. The molecule has 162 valence electrons. The molecule has 32 heavy (non-hydrogen) atoms. The molecule has 0 bridgehead atoms. The number of nitrogens with two attached hydrogens (primary N) is 3. The molecule has 1 amide bonds. The number of nitrogens with zero attached hydrogens (tertiary/aromatic N) is 3. The lowest BCUT2D eigenvalue weighted by atomic mass is 10.1. The summed E-state index contributed by atoms with van der Waals surface area (Å²) >= 11 is 0. The van der Waals surface area contributed by atoms with Crippen LogP contribution in [0, 0.1) is 0 Å². The molecule has 0 fully saturated rings. The summed E-state index contributed by atoms with van der Waals surface area (Å²) in [7, 11) is 3.26. The standard InChI is InChI=1S/C24H25N7O/c1-28-21(25)15-3-5-18(6-4-15)24(32)31-20-13-9-17(10-14-20)23(27)30-19-11-7-16(8-12-19)22(26)29-2/h3-14H,1-2H3,(H2,25,28)(H2,26,29)(H2,27,30)(H,31,32). The second-order valence-electron chi connectivity index (χ2n) is 6.87. The van der Waals surface area contributed by atoms with E-state index < -0.39 is 0 Å². The van der Waals surface area contributed by atoms with Crippen molar-refractivity contribution < 1.29 is 4.79 Å². The lowest BCUT2D eigenvalue weighted by Crippen LogP contribution is -2.15. The summed E-state index contributed by atoms with van der Waals surface area (Å²) in [5.74, 6) is 1.01. The first-order valence-electron chi connectivity index (χ1n) is 9.82. The van der Waals surface area contributed by atoms with Crippen LogP contribution in [0.25, 0.3) is 0 Å². The number of carbonyl (C=O) groups excluding carboxylic acids is 1. The number of rotatable bonds is 6. The molecule has 0 aliphatic carbocycles. The average molecular weight is 428 g/mol. The zero-order valence-corrected chi connectivity index (χ0v) is 17.9. The van der Waals surface area contributed by atoms with E-state index in [1.165, 1.54) is 0 Å². The first-order chi connectivity index (χ1) is 15.4. The third-order valence-corrected chi connectivity index (χ3v) is 4.78. The highest BCUT2D eigenvalue weighted by molar-refractivity contribution is 6.06. The maximum Gasteiger partial charge on any atom is 0.255 e. The van der Waals surface area contributed by atoms with Gasteiger partial charge in [0.2, 0.25) is 0 Å². The van der Waals surface area contributed by atoms with E-state index >= 15 is 0 Å². The van der Waals surface area contributed by atoms with E-state index in [1.54, 1.807) is 62.6 Å². The Morgan fingerprint density at radius 1 is 0.625 bits per heavy atom. The summed E-state index contributed by atoms with van der Waals surface area (Å²) in [6, 6.07) is 21.4. The van der Waals surface area contributed by atoms with Crippen LogP contribution in [0.5, 0.6) is 0 Å². The first kappa shape index (κ1) is 22.2. The van der Waals surface area contributed by atoms with Crippen molar-refractivity contribution >= 4 is 34.8 Å². The van der Waals surface area contributed by atoms with Crippen LogP contribution in [-0.4, -0.2) is 37.5 Å². The smallest absolute Gasteiger partial charge is 0.255 e. The van der Waals surface area contributed by atoms with Crippen LogP contribution in [0.3, 0.4) is 0 Å². The maximum absolute atomic E-state index is 12.5. The fourth-order valence-electron chi connectivity index (χ4n) is 2.89. The van der Waals surface area contributed by atoms with E-state index in [2.05, 4.69) is 20.3 Å². The molecule has 0 aromatic heterocycles. The number of aliphatic imine (C=N–C) groups is 3. The van der Waals surface area contributed by atoms with Gasteiger partial charge in [-0.1, -0.05) is 12.1 Å². The van der Waals surface area contributed by atoms with Gasteiger partial charge in [-0.25, -0.2) is 4.99 Å². The molecule has 0 saturated carbocycles. The predicted molar refractivity (Wildman–Crippen MR) is 131 cm³/mol. The molecule has 0 saturated heterocycles. The molecule has 0 atom stereocenters. The zero-order valence-electron chi connectivity index (χ0n) is 17.9. The Morgan fingerprint density at radius 2 is 1.03 bits per heavy atom. The Hall–Kier alpha value is -4.46. The van der Waals surface area contributed by atoms with E-state index in [0.29, 0.717) is 34.4 Å². The van der Waals surface area contributed by atoms with Crippen LogP contribution < -0.4 is 22.5 Å². The van der Waals surface area contributed by atoms with E-state index in [1.807, 2.05) is 24.3 Å². The van der Waals surface area contributed by atoms with Gasteiger partial charge in [0.25, 0.3) is 5.91 Å². The summed E-state index contributed by atoms with van der Waals surface area (Å²) in [6.07, 6.45) is 0. The lowest BCUT2D eigenvalue weighted by Gasteiger charge is -2.08. The highest BCUT2D eigenvalue weighted by Crippen LogP contribution is 2.16. The molecular weight excluding hydrogens is 402 g/mol. The molecule has 0 spiro atoms. The Balaban J connectivity index is 1.67. The van der Waals surface area contributed by atoms with Gasteiger partial charge < -0.3 is 22.5 Å². The zero-order chi connectivity index (χ0) is 23.1. The van der Waals surface area contributed by atoms with Gasteiger partial charge in [-0.15, -0.1) is 0 Å². The molecule has 8 nitrogen and oxygen atoms in total. The van der Waals surface area contributed by atoms with Gasteiger partial charge in [0.15, 0.2) is 0 Å². The van der Waals surface area contributed by atoms with Crippen molar-refractivity contribution in [3.63, 3.8) is 0 Å². The number of carbonyl (C=O) groups is 1. The molecular formula is C24H25N7O. The highest BCUT2D eigenvalue weighted by atomic mass is 16.1. The molecule has 8 heteroatoms. The predicted octanol–water partition coefficient (Wildman–Crippen LogP) is 2.65. The van der Waals surface area contributed by atoms with Crippen molar-refractivity contribution in [3.05, 3.63) is 95.1 Å². The molecule has 7 N–H and O–H groups in total. The van der Waals surface area contributed by atoms with Gasteiger partial charge >= 0.3 is 0 Å². The van der Waals surface area contributed by atoms with Gasteiger partial charge in [-0.3, -0.25) is 14.8 Å². The Kier molecular flexibility index (Phi) is 6.97. The quantitative estimate of drug-likeness (QED) is 0.354. The molecule has 3 aromatic rings. The lowest BCUT2D eigenvalue weighted by molar-refractivity contribution is 0.102. The largest absolute Gasteiger partial charge is 0.384 e. The second-order valence-corrected chi connectivity index (χ2v) is 6.87. The summed E-state index contributed by atoms with van der Waals surface area (Å²) in [6.45, 7) is 0. The number of hydrogen-bond donors (Lipinski definition) is 4. The van der Waals surface area contributed by atoms with Crippen molar-refractivity contribution in [1.29, 1.82) is 0 Å². The van der Waals surface area contributed by atoms with Crippen LogP contribution in [0.2, 0.25) is 0 Å². The van der Waals surface area contributed by atoms with Gasteiger partial charge in [0, 0.05) is 42.0 Å². The van der Waals surface area contributed by atoms with Gasteiger partial charge in [-0.2, -0.15) is 0 Å². The first-order valence-corrected chi connectivity index (χ1v) is 9.82. The average Bonchev–Trinajstić information content (AvgIpc) is 2.84. The summed E-state index contributed by atoms with van der Waals surface area (Å²) in [5, 5.41) is 2.85. The molecule has 0 heterocycles. The molecule has 0 aliphatic rings. The Labute approximate surface area is 186 Å². The van der Waals surface area contributed by atoms with Crippen molar-refractivity contribution in [2.45, 2.75) is 0 Å². The topological polar surface area (TPSA) is 144 Å². The van der Waals surface area contributed by atoms with Crippen molar-refractivity contribution in [3.8, 4) is 0 Å². The fourth-order valence-corrected chi connectivity index (χ4v) is 2.89. The van der Waals surface area contributed by atoms with E-state index in [0.717, 1.165) is 16.7 Å². The number of nitrogens with one attached hydrogen (secondary N) is 1. The van der Waals surface area contributed by atoms with Crippen molar-refractivity contribution in [1.82, 2.24) is 0 Å². The Bertz CT molecular complexity index is 1180. The van der Waals surface area contributed by atoms with E-state index in [9.17, 15) is 4.79 Å². The van der Waals surface area contributed by atoms with Gasteiger partial charge in [0.1, 0.15) is 17.5 Å². The number of amidine groups is 3. The summed E-state index contributed by atoms with van der Waals surface area (Å²) in [4.78, 5) is 24.8. The number of benzene rings is 3. The number of anilines is 1. The third kappa shape index (κ3) is 5.37. The maximum atomic E-state index is 12.5. The van der Waals surface area contributed by atoms with E-state index in [4.69, 9.17) is 17.2 Å². The minimum atomic E-state index is -0.229. The highest BCUT2D eigenvalue weighted by Gasteiger charge is 2.08. The van der Waals surface area contributed by atoms with Crippen LogP contribution in [0.4, 0.5) is 11.4 Å². The summed E-state index contributed by atoms with van der Waals surface area (Å²) < 4.78 is 0. The number of hydrogen-bond acceptors (Lipinski definition) is 4. The summed E-state index contributed by atoms with van der Waals surface area (Å²) in [5.41, 5.74) is 21.9. The molecule has 3 rings (SSSR count). The number of amides is 1. The van der Waals surface area contributed by atoms with Crippen LogP contribution in [-0.2, 0) is 0 Å². The van der Waals surface area contributed by atoms with Gasteiger partial charge in [0.05, 0.1) is 5.69 Å². The van der Waals surface area contributed by atoms with Crippen LogP contribution in [0.15, 0.2) is 87.8 Å². The van der Waals surface area contributed by atoms with Gasteiger partial charge in [-0.05, 0) is 60.7 Å². The molecule has 3 aromatic carbocycles. The van der Waals surface area contributed by atoms with Crippen LogP contribution >= 0.6 is 0 Å². The van der Waals surface area contributed by atoms with E-state index in [-0.39, 0.29) is 5.91 Å². The molecule has 0 radical (unpaired) electrons. The van der Waals surface area contributed by atoms with Crippen molar-refractivity contribution in [2.75, 3.05) is 19.4 Å². The molecule has 0 unspecified atom stereocenters. The minimum absolute atomic E-state index is 0.229. The molecule has 0 aliphatic heterocycles. The van der Waals surface area contributed by atoms with Crippen LogP contribution in [0.1, 0.15) is 27.0 Å². The minimum Gasteiger partial charge on any atom is -0.384 e. The van der Waals surface area contributed by atoms with Crippen molar-refractivity contribution in [2.24, 2.45) is 32.2 Å². The monoisotopic (exact) mass is 427 g/mol. The fraction of sp³-hybridized carbons (Fsp3) is 0.0833. The third-order valence-electron chi connectivity index (χ3n) is 4.78. The SMILES string of the molecule is CN=C(N)c1ccc(N=C(N)c2ccc(NC(=O)c3ccc(C(N)=NC)cc3)cc2)cc1.